The number of aromatic nitrogens is 2. The molecule has 0 aliphatic heterocycles. The fourth-order valence-electron chi connectivity index (χ4n) is 2.83. The van der Waals surface area contributed by atoms with E-state index in [1.807, 2.05) is 0 Å². The van der Waals surface area contributed by atoms with Gasteiger partial charge in [-0.2, -0.15) is 0 Å². The van der Waals surface area contributed by atoms with Crippen LogP contribution in [0.5, 0.6) is 0 Å². The van der Waals surface area contributed by atoms with E-state index >= 15 is 0 Å². The zero-order valence-corrected chi connectivity index (χ0v) is 16.7. The number of halogens is 4. The van der Waals surface area contributed by atoms with Crippen molar-refractivity contribution >= 4 is 34.2 Å². The smallest absolute Gasteiger partial charge is 0.186 e. The SMILES string of the molecule is COCCCNCc1nc2c(F)c(F)cc(C(=N)N(O)c3ccc(F)c(Cl)c3)c2[nH]1. The second-order valence-corrected chi connectivity index (χ2v) is 6.82. The van der Waals surface area contributed by atoms with Gasteiger partial charge in [0.1, 0.15) is 17.2 Å². The molecule has 3 aromatic rings. The van der Waals surface area contributed by atoms with Crippen LogP contribution < -0.4 is 10.4 Å². The van der Waals surface area contributed by atoms with Gasteiger partial charge >= 0.3 is 0 Å². The number of H-pyrrole nitrogens is 1. The van der Waals surface area contributed by atoms with Gasteiger partial charge in [-0.25, -0.2) is 23.2 Å². The highest BCUT2D eigenvalue weighted by Crippen LogP contribution is 2.27. The molecule has 2 aromatic carbocycles. The number of imidazole rings is 1. The largest absolute Gasteiger partial charge is 0.385 e. The molecule has 0 aliphatic carbocycles. The molecule has 7 nitrogen and oxygen atoms in total. The molecule has 3 rings (SSSR count). The maximum Gasteiger partial charge on any atom is 0.186 e. The molecule has 1 aromatic heterocycles. The Bertz CT molecular complexity index is 1080. The van der Waals surface area contributed by atoms with Crippen LogP contribution in [-0.2, 0) is 11.3 Å². The van der Waals surface area contributed by atoms with Crippen molar-refractivity contribution in [1.82, 2.24) is 15.3 Å². The van der Waals surface area contributed by atoms with Gasteiger partial charge in [0.2, 0.25) is 0 Å². The number of anilines is 1. The Balaban J connectivity index is 1.91. The topological polar surface area (TPSA) is 97.3 Å². The van der Waals surface area contributed by atoms with Crippen molar-refractivity contribution in [1.29, 1.82) is 5.41 Å². The number of ether oxygens (including phenoxy) is 1. The van der Waals surface area contributed by atoms with E-state index < -0.39 is 23.3 Å². The number of hydroxylamine groups is 1. The molecular weight excluding hydrogens is 423 g/mol. The summed E-state index contributed by atoms with van der Waals surface area (Å²) in [4.78, 5) is 6.91. The van der Waals surface area contributed by atoms with Gasteiger partial charge < -0.3 is 15.0 Å². The minimum absolute atomic E-state index is 0.0242. The number of rotatable bonds is 8. The number of hydrogen-bond donors (Lipinski definition) is 4. The minimum Gasteiger partial charge on any atom is -0.385 e. The van der Waals surface area contributed by atoms with Crippen LogP contribution in [0.15, 0.2) is 24.3 Å². The molecule has 0 unspecified atom stereocenters. The first-order valence-electron chi connectivity index (χ1n) is 8.92. The fraction of sp³-hybridized carbons (Fsp3) is 0.263. The van der Waals surface area contributed by atoms with Crippen LogP contribution in [0.3, 0.4) is 0 Å². The highest BCUT2D eigenvalue weighted by molar-refractivity contribution is 6.31. The monoisotopic (exact) mass is 441 g/mol. The molecule has 0 aliphatic rings. The Morgan fingerprint density at radius 1 is 1.30 bits per heavy atom. The lowest BCUT2D eigenvalue weighted by molar-refractivity contribution is 0.194. The molecule has 0 bridgehead atoms. The van der Waals surface area contributed by atoms with Crippen molar-refractivity contribution in [2.45, 2.75) is 13.0 Å². The van der Waals surface area contributed by atoms with Crippen LogP contribution in [0.1, 0.15) is 17.8 Å². The Labute approximate surface area is 174 Å². The molecule has 0 radical (unpaired) electrons. The van der Waals surface area contributed by atoms with Gasteiger partial charge in [-0.15, -0.1) is 0 Å². The maximum absolute atomic E-state index is 14.3. The molecule has 0 spiro atoms. The van der Waals surface area contributed by atoms with E-state index in [9.17, 15) is 18.4 Å². The summed E-state index contributed by atoms with van der Waals surface area (Å²) in [5, 5.41) is 21.8. The lowest BCUT2D eigenvalue weighted by Crippen LogP contribution is -2.27. The molecule has 1 heterocycles. The second-order valence-electron chi connectivity index (χ2n) is 6.41. The van der Waals surface area contributed by atoms with Crippen molar-refractivity contribution in [2.75, 3.05) is 25.3 Å². The predicted molar refractivity (Wildman–Crippen MR) is 107 cm³/mol. The Kier molecular flexibility index (Phi) is 6.93. The van der Waals surface area contributed by atoms with Crippen molar-refractivity contribution in [3.63, 3.8) is 0 Å². The highest BCUT2D eigenvalue weighted by atomic mass is 35.5. The zero-order valence-electron chi connectivity index (χ0n) is 15.9. The van der Waals surface area contributed by atoms with Gasteiger partial charge in [0, 0.05) is 19.3 Å². The quantitative estimate of drug-likeness (QED) is 0.183. The van der Waals surface area contributed by atoms with Gasteiger partial charge in [-0.05, 0) is 37.2 Å². The van der Waals surface area contributed by atoms with Gasteiger partial charge in [-0.1, -0.05) is 11.6 Å². The van der Waals surface area contributed by atoms with E-state index in [0.29, 0.717) is 24.0 Å². The van der Waals surface area contributed by atoms with Crippen LogP contribution in [0.25, 0.3) is 11.0 Å². The average molecular weight is 442 g/mol. The highest BCUT2D eigenvalue weighted by Gasteiger charge is 2.22. The van der Waals surface area contributed by atoms with Crippen LogP contribution >= 0.6 is 11.6 Å². The van der Waals surface area contributed by atoms with Crippen LogP contribution in [0.2, 0.25) is 5.02 Å². The van der Waals surface area contributed by atoms with Gasteiger partial charge in [0.25, 0.3) is 0 Å². The van der Waals surface area contributed by atoms with Crippen molar-refractivity contribution in [3.8, 4) is 0 Å². The first kappa shape index (κ1) is 22.0. The second kappa shape index (κ2) is 9.43. The van der Waals surface area contributed by atoms with Crippen molar-refractivity contribution < 1.29 is 23.1 Å². The zero-order chi connectivity index (χ0) is 21.8. The lowest BCUT2D eigenvalue weighted by Gasteiger charge is -2.18. The molecule has 0 saturated carbocycles. The summed E-state index contributed by atoms with van der Waals surface area (Å²) >= 11 is 5.71. The molecular formula is C19H19ClF3N5O2. The fourth-order valence-corrected chi connectivity index (χ4v) is 3.00. The summed E-state index contributed by atoms with van der Waals surface area (Å²) in [6.45, 7) is 1.46. The third-order valence-electron chi connectivity index (χ3n) is 4.32. The number of nitrogens with zero attached hydrogens (tertiary/aromatic N) is 2. The van der Waals surface area contributed by atoms with E-state index in [1.54, 1.807) is 7.11 Å². The molecule has 0 saturated heterocycles. The molecule has 11 heteroatoms. The predicted octanol–water partition coefficient (Wildman–Crippen LogP) is 3.98. The summed E-state index contributed by atoms with van der Waals surface area (Å²) in [6.07, 6.45) is 0.759. The molecule has 0 atom stereocenters. The Morgan fingerprint density at radius 2 is 2.07 bits per heavy atom. The van der Waals surface area contributed by atoms with Gasteiger partial charge in [0.15, 0.2) is 17.5 Å². The Hall–Kier alpha value is -2.66. The van der Waals surface area contributed by atoms with Crippen molar-refractivity contribution in [2.24, 2.45) is 0 Å². The normalized spacial score (nSPS) is 11.3. The van der Waals surface area contributed by atoms with Crippen molar-refractivity contribution in [3.05, 3.63) is 58.1 Å². The van der Waals surface area contributed by atoms with E-state index in [0.717, 1.165) is 24.6 Å². The van der Waals surface area contributed by atoms with Crippen LogP contribution in [0, 0.1) is 22.9 Å². The molecule has 0 amide bonds. The van der Waals surface area contributed by atoms with Crippen LogP contribution in [-0.4, -0.2) is 41.3 Å². The summed E-state index contributed by atoms with van der Waals surface area (Å²) < 4.78 is 46.7. The number of nitrogens with one attached hydrogen (secondary N) is 3. The van der Waals surface area contributed by atoms with Gasteiger partial charge in [0.05, 0.1) is 22.8 Å². The number of amidine groups is 1. The Morgan fingerprint density at radius 3 is 2.77 bits per heavy atom. The minimum atomic E-state index is -1.22. The molecule has 4 N–H and O–H groups in total. The number of aromatic amines is 1. The summed E-state index contributed by atoms with van der Waals surface area (Å²) in [6, 6.07) is 4.08. The van der Waals surface area contributed by atoms with E-state index in [-0.39, 0.29) is 33.9 Å². The summed E-state index contributed by atoms with van der Waals surface area (Å²) in [5.74, 6) is -3.34. The first-order valence-corrected chi connectivity index (χ1v) is 9.30. The number of hydrogen-bond acceptors (Lipinski definition) is 5. The molecule has 0 fully saturated rings. The first-order chi connectivity index (χ1) is 14.3. The number of methoxy groups -OCH3 is 1. The molecule has 30 heavy (non-hydrogen) atoms. The lowest BCUT2D eigenvalue weighted by atomic mass is 10.1. The number of benzene rings is 2. The van der Waals surface area contributed by atoms with Crippen LogP contribution in [0.4, 0.5) is 18.9 Å². The standard InChI is InChI=1S/C19H19ClF3N5O2/c1-30-6-2-5-25-9-15-26-17-11(8-14(22)16(23)18(17)27-15)19(24)28(29)10-3-4-13(21)12(20)7-10/h3-4,7-8,24-25,29H,2,5-6,9H2,1H3,(H,26,27). The van der Waals surface area contributed by atoms with E-state index in [2.05, 4.69) is 15.3 Å². The van der Waals surface area contributed by atoms with E-state index in [4.69, 9.17) is 21.7 Å². The summed E-state index contributed by atoms with van der Waals surface area (Å²) in [7, 11) is 1.59. The number of fused-ring (bicyclic) bond motifs is 1. The van der Waals surface area contributed by atoms with E-state index in [1.165, 1.54) is 6.07 Å². The third-order valence-corrected chi connectivity index (χ3v) is 4.61. The van der Waals surface area contributed by atoms with Gasteiger partial charge in [-0.3, -0.25) is 10.6 Å². The average Bonchev–Trinajstić information content (AvgIpc) is 3.16. The molecule has 160 valence electrons. The third kappa shape index (κ3) is 4.57. The summed E-state index contributed by atoms with van der Waals surface area (Å²) in [5.41, 5.74) is -0.414. The maximum atomic E-state index is 14.3.